The number of benzene rings is 3. The van der Waals surface area contributed by atoms with Gasteiger partial charge in [0.05, 0.1) is 7.11 Å². The number of hydrogen-bond acceptors (Lipinski definition) is 4. The number of likely N-dealkylation sites (tertiary alicyclic amines) is 1. The molecule has 0 aliphatic carbocycles. The highest BCUT2D eigenvalue weighted by atomic mass is 16.5. The van der Waals surface area contributed by atoms with Gasteiger partial charge in [-0.15, -0.1) is 0 Å². The number of carbonyl (C=O) groups excluding carboxylic acids is 1. The fraction of sp³-hybridized carbons (Fsp3) is 0.222. The Morgan fingerprint density at radius 1 is 1.03 bits per heavy atom. The van der Waals surface area contributed by atoms with Crippen LogP contribution < -0.4 is 14.8 Å². The largest absolute Gasteiger partial charge is 0.493 e. The van der Waals surface area contributed by atoms with Crippen molar-refractivity contribution in [2.75, 3.05) is 20.2 Å². The Morgan fingerprint density at radius 3 is 2.62 bits per heavy atom. The van der Waals surface area contributed by atoms with E-state index in [0.29, 0.717) is 11.5 Å². The standard InChI is InChI=1S/C27H28N2O3/c1-31-25-12-5-6-13-26(25)32-24-11-7-10-22(18-24)19-29-17-16-23(20-29)28-27(30)15-14-21-8-3-2-4-9-21/h2-15,18,23H,16-17,19-20H2,1H3,(H,28,30)/b15-14-/t23-/m1/s1. The maximum atomic E-state index is 12.3. The van der Waals surface area contributed by atoms with E-state index in [4.69, 9.17) is 9.47 Å². The number of para-hydroxylation sites is 2. The molecule has 164 valence electrons. The minimum Gasteiger partial charge on any atom is -0.493 e. The molecule has 1 heterocycles. The molecule has 1 N–H and O–H groups in total. The summed E-state index contributed by atoms with van der Waals surface area (Å²) in [6, 6.07) is 25.7. The number of rotatable bonds is 8. The lowest BCUT2D eigenvalue weighted by Crippen LogP contribution is -2.35. The average molecular weight is 429 g/mol. The Labute approximate surface area is 189 Å². The Balaban J connectivity index is 1.29. The van der Waals surface area contributed by atoms with E-state index in [-0.39, 0.29) is 11.9 Å². The van der Waals surface area contributed by atoms with Crippen LogP contribution in [0.1, 0.15) is 17.5 Å². The molecule has 1 aliphatic rings. The summed E-state index contributed by atoms with van der Waals surface area (Å²) in [5, 5.41) is 3.12. The topological polar surface area (TPSA) is 50.8 Å². The van der Waals surface area contributed by atoms with Gasteiger partial charge in [-0.1, -0.05) is 54.6 Å². The van der Waals surface area contributed by atoms with E-state index in [0.717, 1.165) is 37.4 Å². The molecule has 5 nitrogen and oxygen atoms in total. The lowest BCUT2D eigenvalue weighted by atomic mass is 10.2. The van der Waals surface area contributed by atoms with Gasteiger partial charge in [0.1, 0.15) is 5.75 Å². The molecule has 0 radical (unpaired) electrons. The summed E-state index contributed by atoms with van der Waals surface area (Å²) in [4.78, 5) is 14.6. The van der Waals surface area contributed by atoms with Crippen LogP contribution >= 0.6 is 0 Å². The van der Waals surface area contributed by atoms with Crippen molar-refractivity contribution in [1.82, 2.24) is 10.2 Å². The third kappa shape index (κ3) is 5.99. The van der Waals surface area contributed by atoms with Crippen LogP contribution in [0.3, 0.4) is 0 Å². The molecule has 32 heavy (non-hydrogen) atoms. The highest BCUT2D eigenvalue weighted by molar-refractivity contribution is 5.91. The second kappa shape index (κ2) is 10.6. The fourth-order valence-corrected chi connectivity index (χ4v) is 3.88. The number of ether oxygens (including phenoxy) is 2. The molecule has 5 heteroatoms. The summed E-state index contributed by atoms with van der Waals surface area (Å²) in [5.74, 6) is 2.13. The van der Waals surface area contributed by atoms with Crippen molar-refractivity contribution in [3.8, 4) is 17.2 Å². The maximum Gasteiger partial charge on any atom is 0.244 e. The van der Waals surface area contributed by atoms with E-state index in [9.17, 15) is 4.79 Å². The molecule has 1 aliphatic heterocycles. The zero-order valence-corrected chi connectivity index (χ0v) is 18.2. The summed E-state index contributed by atoms with van der Waals surface area (Å²) in [5.41, 5.74) is 2.19. The second-order valence-corrected chi connectivity index (χ2v) is 7.87. The van der Waals surface area contributed by atoms with Gasteiger partial charge in [0, 0.05) is 31.8 Å². The predicted molar refractivity (Wildman–Crippen MR) is 127 cm³/mol. The van der Waals surface area contributed by atoms with Gasteiger partial charge in [-0.05, 0) is 47.9 Å². The van der Waals surface area contributed by atoms with Crippen molar-refractivity contribution < 1.29 is 14.3 Å². The molecule has 1 fully saturated rings. The molecule has 0 aromatic heterocycles. The summed E-state index contributed by atoms with van der Waals surface area (Å²) < 4.78 is 11.4. The number of carbonyl (C=O) groups is 1. The predicted octanol–water partition coefficient (Wildman–Crippen LogP) is 4.89. The number of methoxy groups -OCH3 is 1. The normalized spacial score (nSPS) is 16.2. The van der Waals surface area contributed by atoms with E-state index >= 15 is 0 Å². The van der Waals surface area contributed by atoms with Gasteiger partial charge in [-0.2, -0.15) is 0 Å². The molecule has 1 amide bonds. The highest BCUT2D eigenvalue weighted by Gasteiger charge is 2.23. The van der Waals surface area contributed by atoms with E-state index in [1.54, 1.807) is 13.2 Å². The zero-order chi connectivity index (χ0) is 22.2. The van der Waals surface area contributed by atoms with E-state index in [1.807, 2.05) is 72.8 Å². The lowest BCUT2D eigenvalue weighted by molar-refractivity contribution is -0.117. The minimum absolute atomic E-state index is 0.0482. The Hall–Kier alpha value is -3.57. The number of nitrogens with one attached hydrogen (secondary N) is 1. The minimum atomic E-state index is -0.0482. The Kier molecular flexibility index (Phi) is 7.20. The average Bonchev–Trinajstić information content (AvgIpc) is 3.25. The van der Waals surface area contributed by atoms with Gasteiger partial charge in [0.2, 0.25) is 5.91 Å². The van der Waals surface area contributed by atoms with Gasteiger partial charge in [-0.3, -0.25) is 9.69 Å². The molecule has 1 atom stereocenters. The lowest BCUT2D eigenvalue weighted by Gasteiger charge is -2.17. The molecule has 0 unspecified atom stereocenters. The summed E-state index contributed by atoms with van der Waals surface area (Å²) in [7, 11) is 1.64. The monoisotopic (exact) mass is 428 g/mol. The SMILES string of the molecule is COc1ccccc1Oc1cccc(CN2CC[C@@H](NC(=O)/C=C\c3ccccc3)C2)c1. The van der Waals surface area contributed by atoms with E-state index in [2.05, 4.69) is 22.3 Å². The maximum absolute atomic E-state index is 12.3. The Morgan fingerprint density at radius 2 is 1.81 bits per heavy atom. The van der Waals surface area contributed by atoms with Crippen molar-refractivity contribution in [1.29, 1.82) is 0 Å². The smallest absolute Gasteiger partial charge is 0.244 e. The first-order valence-corrected chi connectivity index (χ1v) is 10.9. The number of amides is 1. The van der Waals surface area contributed by atoms with Crippen molar-refractivity contribution >= 4 is 12.0 Å². The van der Waals surface area contributed by atoms with Crippen LogP contribution in [0, 0.1) is 0 Å². The first-order chi connectivity index (χ1) is 15.7. The van der Waals surface area contributed by atoms with Crippen LogP contribution in [-0.4, -0.2) is 37.0 Å². The molecular weight excluding hydrogens is 400 g/mol. The zero-order valence-electron chi connectivity index (χ0n) is 18.2. The van der Waals surface area contributed by atoms with Gasteiger partial charge in [0.25, 0.3) is 0 Å². The molecule has 0 spiro atoms. The van der Waals surface area contributed by atoms with Crippen LogP contribution in [0.25, 0.3) is 6.08 Å². The fourth-order valence-electron chi connectivity index (χ4n) is 3.88. The molecule has 3 aromatic carbocycles. The van der Waals surface area contributed by atoms with Gasteiger partial charge >= 0.3 is 0 Å². The van der Waals surface area contributed by atoms with Gasteiger partial charge < -0.3 is 14.8 Å². The quantitative estimate of drug-likeness (QED) is 0.519. The number of hydrogen-bond donors (Lipinski definition) is 1. The summed E-state index contributed by atoms with van der Waals surface area (Å²) >= 11 is 0. The molecular formula is C27H28N2O3. The van der Waals surface area contributed by atoms with Crippen molar-refractivity contribution in [3.05, 3.63) is 96.1 Å². The van der Waals surface area contributed by atoms with Crippen molar-refractivity contribution in [3.63, 3.8) is 0 Å². The number of nitrogens with zero attached hydrogens (tertiary/aromatic N) is 1. The first-order valence-electron chi connectivity index (χ1n) is 10.9. The Bertz CT molecular complexity index is 1070. The van der Waals surface area contributed by atoms with Crippen molar-refractivity contribution in [2.24, 2.45) is 0 Å². The molecule has 0 saturated carbocycles. The van der Waals surface area contributed by atoms with E-state index < -0.39 is 0 Å². The van der Waals surface area contributed by atoms with Crippen LogP contribution in [0.4, 0.5) is 0 Å². The van der Waals surface area contributed by atoms with Crippen LogP contribution in [0.15, 0.2) is 84.9 Å². The molecule has 4 rings (SSSR count). The van der Waals surface area contributed by atoms with Crippen LogP contribution in [-0.2, 0) is 11.3 Å². The highest BCUT2D eigenvalue weighted by Crippen LogP contribution is 2.31. The van der Waals surface area contributed by atoms with Gasteiger partial charge in [0.15, 0.2) is 11.5 Å². The summed E-state index contributed by atoms with van der Waals surface area (Å²) in [6.07, 6.45) is 4.40. The first kappa shape index (κ1) is 21.7. The third-order valence-corrected chi connectivity index (χ3v) is 5.45. The van der Waals surface area contributed by atoms with Gasteiger partial charge in [-0.25, -0.2) is 0 Å². The third-order valence-electron chi connectivity index (χ3n) is 5.45. The molecule has 0 bridgehead atoms. The summed E-state index contributed by atoms with van der Waals surface area (Å²) in [6.45, 7) is 2.60. The molecule has 3 aromatic rings. The van der Waals surface area contributed by atoms with Crippen molar-refractivity contribution in [2.45, 2.75) is 19.0 Å². The second-order valence-electron chi connectivity index (χ2n) is 7.87. The van der Waals surface area contributed by atoms with Crippen LogP contribution in [0.5, 0.6) is 17.2 Å². The van der Waals surface area contributed by atoms with Crippen LogP contribution in [0.2, 0.25) is 0 Å². The molecule has 1 saturated heterocycles. The van der Waals surface area contributed by atoms with E-state index in [1.165, 1.54) is 5.56 Å².